The van der Waals surface area contributed by atoms with E-state index in [1.165, 1.54) is 24.3 Å². The van der Waals surface area contributed by atoms with Crippen LogP contribution in [0.2, 0.25) is 0 Å². The summed E-state index contributed by atoms with van der Waals surface area (Å²) in [7, 11) is 0. The van der Waals surface area contributed by atoms with Crippen molar-refractivity contribution in [3.63, 3.8) is 0 Å². The normalized spacial score (nSPS) is 14.1. The molecule has 0 saturated heterocycles. The molecule has 0 radical (unpaired) electrons. The zero-order valence-electron chi connectivity index (χ0n) is 11.0. The maximum absolute atomic E-state index is 13.2. The second kappa shape index (κ2) is 5.93. The molecule has 2 aromatic rings. The van der Waals surface area contributed by atoms with Gasteiger partial charge in [0.2, 0.25) is 0 Å². The fourth-order valence-corrected chi connectivity index (χ4v) is 2.09. The highest BCUT2D eigenvalue weighted by atomic mass is 19.1. The average molecular weight is 261 g/mol. The molecule has 0 saturated carbocycles. The molecule has 1 N–H and O–H groups in total. The van der Waals surface area contributed by atoms with Crippen molar-refractivity contribution < 1.29 is 8.78 Å². The van der Waals surface area contributed by atoms with Gasteiger partial charge in [0.05, 0.1) is 0 Å². The second-order valence-electron chi connectivity index (χ2n) is 4.72. The summed E-state index contributed by atoms with van der Waals surface area (Å²) in [5.74, 6) is -0.477. The Morgan fingerprint density at radius 2 is 1.42 bits per heavy atom. The molecule has 0 aliphatic heterocycles. The first-order valence-corrected chi connectivity index (χ1v) is 6.33. The van der Waals surface area contributed by atoms with Crippen LogP contribution in [0.5, 0.6) is 0 Å². The maximum Gasteiger partial charge on any atom is 0.123 e. The van der Waals surface area contributed by atoms with Gasteiger partial charge in [-0.3, -0.25) is 0 Å². The van der Waals surface area contributed by atoms with Crippen LogP contribution in [0.15, 0.2) is 48.5 Å². The van der Waals surface area contributed by atoms with Gasteiger partial charge >= 0.3 is 0 Å². The molecule has 2 unspecified atom stereocenters. The van der Waals surface area contributed by atoms with Crippen LogP contribution < -0.4 is 5.32 Å². The molecule has 2 rings (SSSR count). The first-order chi connectivity index (χ1) is 9.06. The fraction of sp³-hybridized carbons (Fsp3) is 0.250. The van der Waals surface area contributed by atoms with E-state index in [1.54, 1.807) is 18.2 Å². The summed E-state index contributed by atoms with van der Waals surface area (Å²) < 4.78 is 26.0. The molecule has 0 heterocycles. The maximum atomic E-state index is 13.2. The van der Waals surface area contributed by atoms with E-state index in [0.29, 0.717) is 0 Å². The first kappa shape index (κ1) is 13.7. The Labute approximate surface area is 112 Å². The Morgan fingerprint density at radius 1 is 0.789 bits per heavy atom. The third-order valence-corrected chi connectivity index (χ3v) is 3.22. The van der Waals surface area contributed by atoms with E-state index in [9.17, 15) is 8.78 Å². The summed E-state index contributed by atoms with van der Waals surface area (Å²) in [5.41, 5.74) is 1.90. The number of benzene rings is 2. The summed E-state index contributed by atoms with van der Waals surface area (Å²) in [6, 6.07) is 13.0. The highest BCUT2D eigenvalue weighted by molar-refractivity contribution is 5.22. The molecular weight excluding hydrogens is 244 g/mol. The van der Waals surface area contributed by atoms with Crippen LogP contribution in [0.1, 0.15) is 37.1 Å². The fourth-order valence-electron chi connectivity index (χ4n) is 2.09. The lowest BCUT2D eigenvalue weighted by atomic mass is 10.0. The van der Waals surface area contributed by atoms with Gasteiger partial charge in [-0.2, -0.15) is 0 Å². The van der Waals surface area contributed by atoms with Gasteiger partial charge in [-0.15, -0.1) is 0 Å². The first-order valence-electron chi connectivity index (χ1n) is 6.33. The monoisotopic (exact) mass is 261 g/mol. The summed E-state index contributed by atoms with van der Waals surface area (Å²) >= 11 is 0. The highest BCUT2D eigenvalue weighted by Gasteiger charge is 2.11. The summed E-state index contributed by atoms with van der Waals surface area (Å²) in [5, 5.41) is 3.37. The van der Waals surface area contributed by atoms with Crippen LogP contribution in [0.3, 0.4) is 0 Å². The van der Waals surface area contributed by atoms with E-state index in [-0.39, 0.29) is 23.7 Å². The van der Waals surface area contributed by atoms with Crippen molar-refractivity contribution in [3.8, 4) is 0 Å². The van der Waals surface area contributed by atoms with Crippen LogP contribution in [-0.2, 0) is 0 Å². The van der Waals surface area contributed by atoms with Crippen LogP contribution >= 0.6 is 0 Å². The number of halogens is 2. The lowest BCUT2D eigenvalue weighted by Gasteiger charge is -2.20. The van der Waals surface area contributed by atoms with Crippen molar-refractivity contribution in [1.29, 1.82) is 0 Å². The Bertz CT molecular complexity index is 537. The van der Waals surface area contributed by atoms with E-state index in [4.69, 9.17) is 0 Å². The average Bonchev–Trinajstić information content (AvgIpc) is 2.39. The smallest absolute Gasteiger partial charge is 0.123 e. The topological polar surface area (TPSA) is 12.0 Å². The van der Waals surface area contributed by atoms with Gasteiger partial charge in [-0.1, -0.05) is 24.3 Å². The minimum atomic E-state index is -0.242. The van der Waals surface area contributed by atoms with Crippen molar-refractivity contribution in [3.05, 3.63) is 71.3 Å². The molecular formula is C16H17F2N. The summed E-state index contributed by atoms with van der Waals surface area (Å²) in [4.78, 5) is 0. The standard InChI is InChI=1S/C16H17F2N/c1-11(13-6-8-15(17)9-7-13)19-12(2)14-4-3-5-16(18)10-14/h3-12,19H,1-2H3. The zero-order valence-corrected chi connectivity index (χ0v) is 11.0. The van der Waals surface area contributed by atoms with Crippen LogP contribution in [-0.4, -0.2) is 0 Å². The Hall–Kier alpha value is -1.74. The van der Waals surface area contributed by atoms with Gasteiger partial charge in [-0.25, -0.2) is 8.78 Å². The minimum absolute atomic E-state index is 0.0238. The van der Waals surface area contributed by atoms with Gasteiger partial charge in [0.15, 0.2) is 0 Å². The van der Waals surface area contributed by atoms with Gasteiger partial charge in [-0.05, 0) is 49.2 Å². The third-order valence-electron chi connectivity index (χ3n) is 3.22. The quantitative estimate of drug-likeness (QED) is 0.861. The van der Waals surface area contributed by atoms with Crippen molar-refractivity contribution in [2.45, 2.75) is 25.9 Å². The van der Waals surface area contributed by atoms with Crippen LogP contribution in [0, 0.1) is 11.6 Å². The second-order valence-corrected chi connectivity index (χ2v) is 4.72. The molecule has 0 spiro atoms. The molecule has 0 aromatic heterocycles. The lowest BCUT2D eigenvalue weighted by molar-refractivity contribution is 0.491. The van der Waals surface area contributed by atoms with Gasteiger partial charge in [0.25, 0.3) is 0 Å². The predicted molar refractivity (Wildman–Crippen MR) is 72.8 cm³/mol. The van der Waals surface area contributed by atoms with E-state index >= 15 is 0 Å². The molecule has 3 heteroatoms. The Kier molecular flexibility index (Phi) is 4.27. The van der Waals surface area contributed by atoms with E-state index in [0.717, 1.165) is 11.1 Å². The largest absolute Gasteiger partial charge is 0.304 e. The van der Waals surface area contributed by atoms with Crippen LogP contribution in [0.25, 0.3) is 0 Å². The molecule has 2 aromatic carbocycles. The van der Waals surface area contributed by atoms with Crippen molar-refractivity contribution in [2.75, 3.05) is 0 Å². The molecule has 0 aliphatic rings. The summed E-state index contributed by atoms with van der Waals surface area (Å²) in [6.45, 7) is 3.98. The Balaban J connectivity index is 2.06. The lowest BCUT2D eigenvalue weighted by Crippen LogP contribution is -2.22. The van der Waals surface area contributed by atoms with Gasteiger partial charge < -0.3 is 5.32 Å². The number of hydrogen-bond donors (Lipinski definition) is 1. The number of nitrogens with one attached hydrogen (secondary N) is 1. The SMILES string of the molecule is CC(NC(C)c1cccc(F)c1)c1ccc(F)cc1. The van der Waals surface area contributed by atoms with E-state index in [1.807, 2.05) is 19.9 Å². The van der Waals surface area contributed by atoms with E-state index < -0.39 is 0 Å². The van der Waals surface area contributed by atoms with E-state index in [2.05, 4.69) is 5.32 Å². The Morgan fingerprint density at radius 3 is 2.05 bits per heavy atom. The minimum Gasteiger partial charge on any atom is -0.304 e. The molecule has 0 bridgehead atoms. The highest BCUT2D eigenvalue weighted by Crippen LogP contribution is 2.20. The third kappa shape index (κ3) is 3.61. The van der Waals surface area contributed by atoms with Crippen LogP contribution in [0.4, 0.5) is 8.78 Å². The zero-order chi connectivity index (χ0) is 13.8. The predicted octanol–water partition coefficient (Wildman–Crippen LogP) is 4.38. The molecule has 0 aliphatic carbocycles. The van der Waals surface area contributed by atoms with Crippen molar-refractivity contribution in [1.82, 2.24) is 5.32 Å². The van der Waals surface area contributed by atoms with Gasteiger partial charge in [0.1, 0.15) is 11.6 Å². The van der Waals surface area contributed by atoms with Crippen molar-refractivity contribution >= 4 is 0 Å². The summed E-state index contributed by atoms with van der Waals surface area (Å²) in [6.07, 6.45) is 0. The molecule has 1 nitrogen and oxygen atoms in total. The molecule has 0 amide bonds. The van der Waals surface area contributed by atoms with Gasteiger partial charge in [0, 0.05) is 12.1 Å². The number of hydrogen-bond acceptors (Lipinski definition) is 1. The number of rotatable bonds is 4. The molecule has 2 atom stereocenters. The molecule has 100 valence electrons. The molecule has 0 fully saturated rings. The molecule has 19 heavy (non-hydrogen) atoms. The van der Waals surface area contributed by atoms with Crippen molar-refractivity contribution in [2.24, 2.45) is 0 Å².